The molecule has 0 fully saturated rings. The van der Waals surface area contributed by atoms with Crippen molar-refractivity contribution in [3.8, 4) is 22.9 Å². The lowest BCUT2D eigenvalue weighted by molar-refractivity contribution is -0.206. The molecule has 3 rings (SSSR count). The maximum absolute atomic E-state index is 13.5. The smallest absolute Gasteiger partial charge is 0.425 e. The Hall–Kier alpha value is -3.95. The Balaban J connectivity index is 1.42. The lowest BCUT2D eigenvalue weighted by Gasteiger charge is -2.20. The van der Waals surface area contributed by atoms with Gasteiger partial charge in [-0.25, -0.2) is 19.6 Å². The third kappa shape index (κ3) is 15.0. The van der Waals surface area contributed by atoms with Gasteiger partial charge in [-0.2, -0.15) is 13.2 Å². The Morgan fingerprint density at radius 3 is 1.69 bits per heavy atom. The molecule has 0 spiro atoms. The molecule has 7 nitrogen and oxygen atoms in total. The number of rotatable bonds is 23. The summed E-state index contributed by atoms with van der Waals surface area (Å²) in [6.07, 6.45) is 11.8. The van der Waals surface area contributed by atoms with Crippen LogP contribution in [0.4, 0.5) is 13.2 Å². The SMILES string of the molecule is CCCCCCCCCCCOc1ccc(-c2ncc(C(=O)Oc3ccc(C(=O)OC(CCCCCCCC)C(F)(F)F)cc3)cn2)cc1. The van der Waals surface area contributed by atoms with E-state index in [1.54, 1.807) is 0 Å². The van der Waals surface area contributed by atoms with Crippen LogP contribution in [0, 0.1) is 0 Å². The minimum atomic E-state index is -4.66. The molecular formula is C39H51F3N2O5. The van der Waals surface area contributed by atoms with Gasteiger partial charge in [-0.05, 0) is 67.8 Å². The zero-order valence-electron chi connectivity index (χ0n) is 28.9. The monoisotopic (exact) mass is 684 g/mol. The highest BCUT2D eigenvalue weighted by Crippen LogP contribution is 2.29. The molecule has 0 aliphatic heterocycles. The minimum Gasteiger partial charge on any atom is -0.494 e. The lowest BCUT2D eigenvalue weighted by Crippen LogP contribution is -2.33. The van der Waals surface area contributed by atoms with E-state index in [0.717, 1.165) is 43.4 Å². The number of carbonyl (C=O) groups excluding carboxylic acids is 2. The fraction of sp³-hybridized carbons (Fsp3) is 0.538. The second kappa shape index (κ2) is 21.9. The van der Waals surface area contributed by atoms with Crippen LogP contribution >= 0.6 is 0 Å². The Kier molecular flexibility index (Phi) is 17.7. The summed E-state index contributed by atoms with van der Waals surface area (Å²) in [4.78, 5) is 33.7. The molecule has 1 aromatic heterocycles. The summed E-state index contributed by atoms with van der Waals surface area (Å²) in [6.45, 7) is 4.98. The van der Waals surface area contributed by atoms with E-state index in [9.17, 15) is 22.8 Å². The Labute approximate surface area is 289 Å². The first kappa shape index (κ1) is 39.5. The summed E-state index contributed by atoms with van der Waals surface area (Å²) in [6, 6.07) is 12.6. The molecule has 0 saturated heterocycles. The molecule has 0 aliphatic carbocycles. The summed E-state index contributed by atoms with van der Waals surface area (Å²) >= 11 is 0. The van der Waals surface area contributed by atoms with Gasteiger partial charge in [0.2, 0.25) is 0 Å². The maximum atomic E-state index is 13.5. The maximum Gasteiger partial charge on any atom is 0.425 e. The van der Waals surface area contributed by atoms with Crippen molar-refractivity contribution < 1.29 is 37.0 Å². The van der Waals surface area contributed by atoms with Crippen LogP contribution in [-0.4, -0.2) is 40.8 Å². The third-order valence-corrected chi connectivity index (χ3v) is 8.25. The summed E-state index contributed by atoms with van der Waals surface area (Å²) in [5.41, 5.74) is 0.790. The molecule has 0 radical (unpaired) electrons. The van der Waals surface area contributed by atoms with Gasteiger partial charge in [0.1, 0.15) is 11.5 Å². The summed E-state index contributed by atoms with van der Waals surface area (Å²) in [5, 5.41) is 0. The van der Waals surface area contributed by atoms with Gasteiger partial charge in [0.25, 0.3) is 0 Å². The number of halogens is 3. The van der Waals surface area contributed by atoms with Crippen LogP contribution < -0.4 is 9.47 Å². The van der Waals surface area contributed by atoms with Crippen LogP contribution in [0.2, 0.25) is 0 Å². The van der Waals surface area contributed by atoms with Crippen LogP contribution in [0.15, 0.2) is 60.9 Å². The number of unbranched alkanes of at least 4 members (excludes halogenated alkanes) is 13. The number of alkyl halides is 3. The third-order valence-electron chi connectivity index (χ3n) is 8.25. The number of carbonyl (C=O) groups is 2. The minimum absolute atomic E-state index is 0.0791. The second-order valence-corrected chi connectivity index (χ2v) is 12.4. The molecule has 3 aromatic rings. The standard InChI is InChI=1S/C39H51F3N2O5/c1-3-5-7-9-11-12-13-15-17-27-47-33-23-19-30(20-24-33)36-43-28-32(29-44-36)38(46)48-34-25-21-31(22-26-34)37(45)49-35(39(40,41)42)18-16-14-10-8-6-4-2/h19-26,28-29,35H,3-18,27H2,1-2H3. The second-order valence-electron chi connectivity index (χ2n) is 12.4. The van der Waals surface area contributed by atoms with E-state index >= 15 is 0 Å². The number of esters is 2. The quantitative estimate of drug-likeness (QED) is 0.0558. The first-order chi connectivity index (χ1) is 23.7. The van der Waals surface area contributed by atoms with Crippen LogP contribution in [0.25, 0.3) is 11.4 Å². The Morgan fingerprint density at radius 2 is 1.14 bits per heavy atom. The largest absolute Gasteiger partial charge is 0.494 e. The van der Waals surface area contributed by atoms with Crippen LogP contribution in [0.3, 0.4) is 0 Å². The van der Waals surface area contributed by atoms with Gasteiger partial charge >= 0.3 is 18.1 Å². The molecule has 0 saturated carbocycles. The normalized spacial score (nSPS) is 12.0. The molecule has 0 amide bonds. The zero-order chi connectivity index (χ0) is 35.3. The molecule has 1 unspecified atom stereocenters. The molecular weight excluding hydrogens is 633 g/mol. The fourth-order valence-corrected chi connectivity index (χ4v) is 5.31. The van der Waals surface area contributed by atoms with Gasteiger partial charge in [-0.3, -0.25) is 0 Å². The van der Waals surface area contributed by atoms with Crippen LogP contribution in [0.1, 0.15) is 137 Å². The van der Waals surface area contributed by atoms with Gasteiger partial charge in [0, 0.05) is 18.0 Å². The number of aromatic nitrogens is 2. The molecule has 49 heavy (non-hydrogen) atoms. The van der Waals surface area contributed by atoms with Crippen molar-refractivity contribution in [3.63, 3.8) is 0 Å². The topological polar surface area (TPSA) is 87.6 Å². The zero-order valence-corrected chi connectivity index (χ0v) is 28.9. The molecule has 2 aromatic carbocycles. The number of ether oxygens (including phenoxy) is 3. The van der Waals surface area contributed by atoms with Crippen LogP contribution in [0.5, 0.6) is 11.5 Å². The van der Waals surface area contributed by atoms with Crippen molar-refractivity contribution >= 4 is 11.9 Å². The summed E-state index contributed by atoms with van der Waals surface area (Å²) in [5.74, 6) is -0.510. The van der Waals surface area contributed by atoms with E-state index in [0.29, 0.717) is 25.3 Å². The highest BCUT2D eigenvalue weighted by atomic mass is 19.4. The van der Waals surface area contributed by atoms with E-state index in [1.807, 2.05) is 24.3 Å². The van der Waals surface area contributed by atoms with E-state index in [-0.39, 0.29) is 23.3 Å². The number of nitrogens with zero attached hydrogens (tertiary/aromatic N) is 2. The molecule has 10 heteroatoms. The number of hydrogen-bond acceptors (Lipinski definition) is 7. The fourth-order valence-electron chi connectivity index (χ4n) is 5.31. The first-order valence-electron chi connectivity index (χ1n) is 17.9. The van der Waals surface area contributed by atoms with Crippen molar-refractivity contribution in [2.45, 2.75) is 129 Å². The van der Waals surface area contributed by atoms with E-state index in [1.165, 1.54) is 88.0 Å². The predicted octanol–water partition coefficient (Wildman–Crippen LogP) is 11.1. The molecule has 0 N–H and O–H groups in total. The van der Waals surface area contributed by atoms with Gasteiger partial charge in [0.15, 0.2) is 11.9 Å². The lowest BCUT2D eigenvalue weighted by atomic mass is 10.1. The van der Waals surface area contributed by atoms with Crippen molar-refractivity contribution in [1.82, 2.24) is 9.97 Å². The number of hydrogen-bond donors (Lipinski definition) is 0. The Morgan fingerprint density at radius 1 is 0.633 bits per heavy atom. The van der Waals surface area contributed by atoms with Gasteiger partial charge in [0.05, 0.1) is 17.7 Å². The molecule has 1 heterocycles. The van der Waals surface area contributed by atoms with E-state index in [4.69, 9.17) is 14.2 Å². The van der Waals surface area contributed by atoms with Crippen molar-refractivity contribution in [1.29, 1.82) is 0 Å². The average Bonchev–Trinajstić information content (AvgIpc) is 3.10. The average molecular weight is 685 g/mol. The van der Waals surface area contributed by atoms with Crippen LogP contribution in [-0.2, 0) is 4.74 Å². The molecule has 0 bridgehead atoms. The predicted molar refractivity (Wildman–Crippen MR) is 185 cm³/mol. The van der Waals surface area contributed by atoms with Crippen molar-refractivity contribution in [2.75, 3.05) is 6.61 Å². The highest BCUT2D eigenvalue weighted by Gasteiger charge is 2.42. The van der Waals surface area contributed by atoms with E-state index in [2.05, 4.69) is 23.8 Å². The highest BCUT2D eigenvalue weighted by molar-refractivity contribution is 5.91. The molecule has 268 valence electrons. The van der Waals surface area contributed by atoms with Crippen molar-refractivity contribution in [3.05, 3.63) is 72.1 Å². The Bertz CT molecular complexity index is 1360. The van der Waals surface area contributed by atoms with Gasteiger partial charge in [-0.15, -0.1) is 0 Å². The number of benzene rings is 2. The molecule has 1 atom stereocenters. The van der Waals surface area contributed by atoms with Crippen molar-refractivity contribution in [2.24, 2.45) is 0 Å². The summed E-state index contributed by atoms with van der Waals surface area (Å²) < 4.78 is 56.5. The van der Waals surface area contributed by atoms with Gasteiger partial charge < -0.3 is 14.2 Å². The molecule has 0 aliphatic rings. The van der Waals surface area contributed by atoms with Gasteiger partial charge in [-0.1, -0.05) is 97.3 Å². The summed E-state index contributed by atoms with van der Waals surface area (Å²) in [7, 11) is 0. The van der Waals surface area contributed by atoms with E-state index < -0.39 is 24.2 Å². The first-order valence-corrected chi connectivity index (χ1v) is 17.9.